The summed E-state index contributed by atoms with van der Waals surface area (Å²) in [6, 6.07) is 8.53. The molecule has 0 saturated heterocycles. The van der Waals surface area contributed by atoms with E-state index in [2.05, 4.69) is 6.92 Å². The van der Waals surface area contributed by atoms with Gasteiger partial charge in [-0.3, -0.25) is 4.79 Å². The lowest BCUT2D eigenvalue weighted by Gasteiger charge is -2.05. The summed E-state index contributed by atoms with van der Waals surface area (Å²) in [4.78, 5) is 23.8. The number of rotatable bonds is 8. The van der Waals surface area contributed by atoms with Gasteiger partial charge in [-0.25, -0.2) is 4.79 Å². The minimum absolute atomic E-state index is 0.248. The van der Waals surface area contributed by atoms with Crippen molar-refractivity contribution in [3.63, 3.8) is 0 Å². The first-order chi connectivity index (χ1) is 12.0. The van der Waals surface area contributed by atoms with Crippen LogP contribution in [0.1, 0.15) is 47.9 Å². The van der Waals surface area contributed by atoms with Crippen molar-refractivity contribution in [2.24, 2.45) is 0 Å². The van der Waals surface area contributed by atoms with Crippen LogP contribution in [0.2, 0.25) is 0 Å². The van der Waals surface area contributed by atoms with E-state index in [-0.39, 0.29) is 17.1 Å². The van der Waals surface area contributed by atoms with Crippen molar-refractivity contribution < 1.29 is 19.1 Å². The Morgan fingerprint density at radius 1 is 1.24 bits per heavy atom. The molecule has 132 valence electrons. The Bertz CT molecular complexity index is 800. The molecule has 0 aliphatic heterocycles. The van der Waals surface area contributed by atoms with Crippen LogP contribution in [0.4, 0.5) is 0 Å². The van der Waals surface area contributed by atoms with Crippen LogP contribution < -0.4 is 10.4 Å². The van der Waals surface area contributed by atoms with Crippen molar-refractivity contribution in [2.45, 2.75) is 33.1 Å². The quantitative estimate of drug-likeness (QED) is 0.444. The van der Waals surface area contributed by atoms with Crippen LogP contribution in [0.15, 0.2) is 45.6 Å². The first-order valence-corrected chi connectivity index (χ1v) is 8.30. The maximum absolute atomic E-state index is 12.1. The van der Waals surface area contributed by atoms with Crippen molar-refractivity contribution in [2.75, 3.05) is 6.61 Å². The molecule has 0 radical (unpaired) electrons. The standard InChI is InChI=1S/C20H22O5/c1-3-4-5-12-24-16-9-6-15(7-10-16)8-11-17(21)19-18(22)13-14(2)25-20(19)23/h6-11,13,22H,3-5,12H2,1-2H3/b11-8+. The van der Waals surface area contributed by atoms with E-state index in [4.69, 9.17) is 9.15 Å². The van der Waals surface area contributed by atoms with Crippen molar-refractivity contribution in [1.29, 1.82) is 0 Å². The highest BCUT2D eigenvalue weighted by atomic mass is 16.5. The Balaban J connectivity index is 2.02. The molecule has 1 N–H and O–H groups in total. The first-order valence-electron chi connectivity index (χ1n) is 8.30. The molecule has 0 spiro atoms. The number of hydrogen-bond acceptors (Lipinski definition) is 5. The molecule has 1 aromatic heterocycles. The summed E-state index contributed by atoms with van der Waals surface area (Å²) in [6.07, 6.45) is 6.12. The lowest BCUT2D eigenvalue weighted by molar-refractivity contribution is 0.104. The van der Waals surface area contributed by atoms with Gasteiger partial charge >= 0.3 is 5.63 Å². The molecule has 0 aliphatic carbocycles. The van der Waals surface area contributed by atoms with Crippen LogP contribution in [0.25, 0.3) is 6.08 Å². The highest BCUT2D eigenvalue weighted by molar-refractivity contribution is 6.08. The van der Waals surface area contributed by atoms with Gasteiger partial charge in [0.05, 0.1) is 6.61 Å². The number of aryl methyl sites for hydroxylation is 1. The molecule has 25 heavy (non-hydrogen) atoms. The molecule has 1 heterocycles. The second kappa shape index (κ2) is 8.87. The van der Waals surface area contributed by atoms with E-state index in [1.54, 1.807) is 6.08 Å². The summed E-state index contributed by atoms with van der Waals surface area (Å²) >= 11 is 0. The van der Waals surface area contributed by atoms with Crippen LogP contribution in [-0.2, 0) is 0 Å². The summed E-state index contributed by atoms with van der Waals surface area (Å²) in [5.74, 6) is 0.0410. The van der Waals surface area contributed by atoms with Gasteiger partial charge in [-0.05, 0) is 37.1 Å². The zero-order chi connectivity index (χ0) is 18.2. The predicted molar refractivity (Wildman–Crippen MR) is 96.2 cm³/mol. The highest BCUT2D eigenvalue weighted by Gasteiger charge is 2.15. The fraction of sp³-hybridized carbons (Fsp3) is 0.300. The van der Waals surface area contributed by atoms with Crippen LogP contribution in [0, 0.1) is 6.92 Å². The van der Waals surface area contributed by atoms with Crippen LogP contribution in [0.3, 0.4) is 0 Å². The smallest absolute Gasteiger partial charge is 0.351 e. The van der Waals surface area contributed by atoms with Gasteiger partial charge in [-0.15, -0.1) is 0 Å². The van der Waals surface area contributed by atoms with Crippen molar-refractivity contribution in [3.05, 3.63) is 63.7 Å². The number of ether oxygens (including phenoxy) is 1. The van der Waals surface area contributed by atoms with Gasteiger partial charge in [0.2, 0.25) is 0 Å². The average molecular weight is 342 g/mol. The first kappa shape index (κ1) is 18.5. The molecular weight excluding hydrogens is 320 g/mol. The summed E-state index contributed by atoms with van der Waals surface area (Å²) in [6.45, 7) is 4.35. The van der Waals surface area contributed by atoms with Crippen molar-refractivity contribution in [3.8, 4) is 11.5 Å². The molecule has 5 nitrogen and oxygen atoms in total. The third-order valence-corrected chi connectivity index (χ3v) is 3.62. The number of ketones is 1. The second-order valence-electron chi connectivity index (χ2n) is 5.73. The third kappa shape index (κ3) is 5.35. The summed E-state index contributed by atoms with van der Waals surface area (Å²) in [5.41, 5.74) is -0.425. The molecule has 0 unspecified atom stereocenters. The maximum Gasteiger partial charge on any atom is 0.351 e. The number of benzene rings is 1. The molecule has 5 heteroatoms. The molecule has 0 amide bonds. The predicted octanol–water partition coefficient (Wildman–Crippen LogP) is 4.12. The zero-order valence-electron chi connectivity index (χ0n) is 14.5. The Morgan fingerprint density at radius 2 is 1.96 bits per heavy atom. The van der Waals surface area contributed by atoms with E-state index in [1.807, 2.05) is 24.3 Å². The SMILES string of the molecule is CCCCCOc1ccc(/C=C/C(=O)c2c(O)cc(C)oc2=O)cc1. The highest BCUT2D eigenvalue weighted by Crippen LogP contribution is 2.17. The average Bonchev–Trinajstić information content (AvgIpc) is 2.57. The molecule has 2 aromatic rings. The molecule has 0 saturated carbocycles. The summed E-state index contributed by atoms with van der Waals surface area (Å²) < 4.78 is 10.5. The summed E-state index contributed by atoms with van der Waals surface area (Å²) in [5, 5.41) is 9.77. The molecule has 0 atom stereocenters. The molecule has 0 fully saturated rings. The Labute approximate surface area is 146 Å². The van der Waals surface area contributed by atoms with E-state index >= 15 is 0 Å². The summed E-state index contributed by atoms with van der Waals surface area (Å²) in [7, 11) is 0. The molecule has 0 aliphatic rings. The monoisotopic (exact) mass is 342 g/mol. The largest absolute Gasteiger partial charge is 0.507 e. The number of carbonyl (C=O) groups excluding carboxylic acids is 1. The topological polar surface area (TPSA) is 76.7 Å². The van der Waals surface area contributed by atoms with Gasteiger partial charge in [0.15, 0.2) is 5.78 Å². The van der Waals surface area contributed by atoms with Gasteiger partial charge in [-0.2, -0.15) is 0 Å². The van der Waals surface area contributed by atoms with Crippen LogP contribution in [-0.4, -0.2) is 17.5 Å². The second-order valence-corrected chi connectivity index (χ2v) is 5.73. The lowest BCUT2D eigenvalue weighted by Crippen LogP contribution is -2.12. The van der Waals surface area contributed by atoms with Gasteiger partial charge in [0.1, 0.15) is 22.8 Å². The maximum atomic E-state index is 12.1. The number of carbonyl (C=O) groups is 1. The Hall–Kier alpha value is -2.82. The van der Waals surface area contributed by atoms with Crippen molar-refractivity contribution >= 4 is 11.9 Å². The number of hydrogen-bond donors (Lipinski definition) is 1. The van der Waals surface area contributed by atoms with E-state index in [1.165, 1.54) is 19.1 Å². The zero-order valence-corrected chi connectivity index (χ0v) is 14.5. The molecule has 2 rings (SSSR count). The van der Waals surface area contributed by atoms with Crippen molar-refractivity contribution in [1.82, 2.24) is 0 Å². The molecule has 1 aromatic carbocycles. The van der Waals surface area contributed by atoms with Gasteiger partial charge in [-0.1, -0.05) is 38.0 Å². The minimum atomic E-state index is -0.844. The minimum Gasteiger partial charge on any atom is -0.507 e. The normalized spacial score (nSPS) is 11.0. The fourth-order valence-electron chi connectivity index (χ4n) is 2.30. The van der Waals surface area contributed by atoms with E-state index < -0.39 is 11.4 Å². The third-order valence-electron chi connectivity index (χ3n) is 3.62. The molecular formula is C20H22O5. The number of unbranched alkanes of at least 4 members (excludes halogenated alkanes) is 2. The van der Waals surface area contributed by atoms with Gasteiger partial charge in [0.25, 0.3) is 0 Å². The Kier molecular flexibility index (Phi) is 6.57. The van der Waals surface area contributed by atoms with Gasteiger partial charge < -0.3 is 14.3 Å². The van der Waals surface area contributed by atoms with Crippen LogP contribution >= 0.6 is 0 Å². The van der Waals surface area contributed by atoms with E-state index in [9.17, 15) is 14.7 Å². The lowest BCUT2D eigenvalue weighted by atomic mass is 10.1. The van der Waals surface area contributed by atoms with Gasteiger partial charge in [0, 0.05) is 6.07 Å². The Morgan fingerprint density at radius 3 is 2.60 bits per heavy atom. The van der Waals surface area contributed by atoms with Crippen LogP contribution in [0.5, 0.6) is 11.5 Å². The van der Waals surface area contributed by atoms with E-state index in [0.29, 0.717) is 6.61 Å². The van der Waals surface area contributed by atoms with E-state index in [0.717, 1.165) is 30.6 Å². The number of allylic oxidation sites excluding steroid dienone is 1. The fourth-order valence-corrected chi connectivity index (χ4v) is 2.30. The molecule has 0 bridgehead atoms. The number of aromatic hydroxyl groups is 1.